The molecule has 2 aliphatic rings. The molecule has 0 radical (unpaired) electrons. The van der Waals surface area contributed by atoms with Crippen molar-refractivity contribution < 1.29 is 5.11 Å². The molecular weight excluding hydrogens is 166 g/mol. The van der Waals surface area contributed by atoms with Gasteiger partial charge in [-0.3, -0.25) is 4.99 Å². The van der Waals surface area contributed by atoms with Crippen molar-refractivity contribution in [3.63, 3.8) is 0 Å². The number of thioether (sulfide) groups is 2. The quantitative estimate of drug-likeness (QED) is 0.606. The van der Waals surface area contributed by atoms with E-state index in [9.17, 15) is 0 Å². The molecule has 1 N–H and O–H groups in total. The maximum absolute atomic E-state index is 9.04. The number of allylic oxidation sites excluding steroid dienone is 1. The lowest BCUT2D eigenvalue weighted by atomic mass is 10.4. The summed E-state index contributed by atoms with van der Waals surface area (Å²) < 4.78 is 0.385. The molecule has 0 aromatic heterocycles. The normalized spacial score (nSPS) is 29.4. The first kappa shape index (κ1) is 6.37. The lowest BCUT2D eigenvalue weighted by Crippen LogP contribution is -1.97. The maximum atomic E-state index is 9.04. The van der Waals surface area contributed by atoms with Gasteiger partial charge in [-0.25, -0.2) is 0 Å². The SMILES string of the molecule is OC1=CSC2SC=NC2=C1. The average molecular weight is 171 g/mol. The van der Waals surface area contributed by atoms with Gasteiger partial charge in [-0.1, -0.05) is 11.8 Å². The molecule has 0 saturated carbocycles. The largest absolute Gasteiger partial charge is 0.507 e. The molecule has 0 aromatic carbocycles. The Balaban J connectivity index is 2.31. The first-order valence-electron chi connectivity index (χ1n) is 2.80. The minimum absolute atomic E-state index is 0.316. The van der Waals surface area contributed by atoms with Gasteiger partial charge in [-0.05, 0) is 0 Å². The summed E-state index contributed by atoms with van der Waals surface area (Å²) in [5.41, 5.74) is 2.78. The van der Waals surface area contributed by atoms with Crippen molar-refractivity contribution in [1.82, 2.24) is 0 Å². The van der Waals surface area contributed by atoms with E-state index in [1.54, 1.807) is 35.0 Å². The van der Waals surface area contributed by atoms with Crippen LogP contribution >= 0.6 is 23.5 Å². The molecule has 0 fully saturated rings. The second kappa shape index (κ2) is 2.36. The minimum Gasteiger partial charge on any atom is -0.507 e. The van der Waals surface area contributed by atoms with E-state index in [1.165, 1.54) is 0 Å². The molecule has 0 aromatic rings. The highest BCUT2D eigenvalue weighted by Crippen LogP contribution is 2.38. The average Bonchev–Trinajstić information content (AvgIpc) is 2.33. The predicted octanol–water partition coefficient (Wildman–Crippen LogP) is 2.12. The first-order chi connectivity index (χ1) is 4.86. The molecule has 2 nitrogen and oxygen atoms in total. The van der Waals surface area contributed by atoms with Crippen LogP contribution in [0.2, 0.25) is 0 Å². The number of aliphatic hydroxyl groups is 1. The van der Waals surface area contributed by atoms with E-state index in [1.807, 2.05) is 5.55 Å². The molecule has 0 aliphatic carbocycles. The molecule has 2 rings (SSSR count). The Morgan fingerprint density at radius 3 is 3.30 bits per heavy atom. The molecule has 0 saturated heterocycles. The van der Waals surface area contributed by atoms with E-state index in [0.717, 1.165) is 5.70 Å². The van der Waals surface area contributed by atoms with Crippen molar-refractivity contribution in [2.75, 3.05) is 0 Å². The van der Waals surface area contributed by atoms with Gasteiger partial charge in [0.1, 0.15) is 10.3 Å². The summed E-state index contributed by atoms with van der Waals surface area (Å²) in [6.45, 7) is 0. The van der Waals surface area contributed by atoms with Crippen LogP contribution in [-0.2, 0) is 0 Å². The summed E-state index contributed by atoms with van der Waals surface area (Å²) in [6.07, 6.45) is 1.71. The molecule has 2 heterocycles. The second-order valence-electron chi connectivity index (χ2n) is 1.95. The fraction of sp³-hybridized carbons (Fsp3) is 0.167. The van der Waals surface area contributed by atoms with Crippen LogP contribution in [-0.4, -0.2) is 15.2 Å². The Hall–Kier alpha value is -0.350. The standard InChI is InChI=1S/C6H5NOS2/c8-4-1-5-6(9-2-4)10-3-7-5/h1-3,6,8H. The number of hydrogen-bond donors (Lipinski definition) is 1. The lowest BCUT2D eigenvalue weighted by molar-refractivity contribution is 0.433. The van der Waals surface area contributed by atoms with Crippen LogP contribution in [0.15, 0.2) is 27.9 Å². The molecule has 4 heteroatoms. The summed E-state index contributed by atoms with van der Waals surface area (Å²) >= 11 is 3.28. The highest BCUT2D eigenvalue weighted by molar-refractivity contribution is 8.25. The smallest absolute Gasteiger partial charge is 0.123 e. The van der Waals surface area contributed by atoms with Crippen LogP contribution in [0.3, 0.4) is 0 Å². The van der Waals surface area contributed by atoms with Crippen molar-refractivity contribution in [3.8, 4) is 0 Å². The zero-order valence-corrected chi connectivity index (χ0v) is 6.65. The molecule has 52 valence electrons. The number of aliphatic imine (C=N–C) groups is 1. The Kier molecular flexibility index (Phi) is 1.50. The third-order valence-corrected chi connectivity index (χ3v) is 3.48. The van der Waals surface area contributed by atoms with Gasteiger partial charge < -0.3 is 5.11 Å². The summed E-state index contributed by atoms with van der Waals surface area (Å²) in [4.78, 5) is 4.09. The van der Waals surface area contributed by atoms with Crippen LogP contribution in [0.1, 0.15) is 0 Å². The van der Waals surface area contributed by atoms with Crippen LogP contribution in [0.5, 0.6) is 0 Å². The van der Waals surface area contributed by atoms with Gasteiger partial charge in [0.05, 0.1) is 11.2 Å². The molecule has 2 aliphatic heterocycles. The Morgan fingerprint density at radius 1 is 1.50 bits per heavy atom. The van der Waals surface area contributed by atoms with Gasteiger partial charge in [-0.15, -0.1) is 11.8 Å². The van der Waals surface area contributed by atoms with Gasteiger partial charge in [0, 0.05) is 11.5 Å². The number of aliphatic hydroxyl groups excluding tert-OH is 1. The van der Waals surface area contributed by atoms with E-state index < -0.39 is 0 Å². The zero-order valence-electron chi connectivity index (χ0n) is 5.02. The van der Waals surface area contributed by atoms with Gasteiger partial charge in [-0.2, -0.15) is 0 Å². The molecule has 1 unspecified atom stereocenters. The predicted molar refractivity (Wildman–Crippen MR) is 46.3 cm³/mol. The fourth-order valence-corrected chi connectivity index (χ4v) is 2.53. The third kappa shape index (κ3) is 0.973. The van der Waals surface area contributed by atoms with Crippen LogP contribution in [0, 0.1) is 0 Å². The van der Waals surface area contributed by atoms with Gasteiger partial charge >= 0.3 is 0 Å². The zero-order chi connectivity index (χ0) is 6.97. The summed E-state index contributed by atoms with van der Waals surface area (Å²) in [7, 11) is 0. The minimum atomic E-state index is 0.316. The topological polar surface area (TPSA) is 32.6 Å². The number of nitrogens with zero attached hydrogens (tertiary/aromatic N) is 1. The summed E-state index contributed by atoms with van der Waals surface area (Å²) in [6, 6.07) is 0. The summed E-state index contributed by atoms with van der Waals surface area (Å²) in [5.74, 6) is 0.316. The monoisotopic (exact) mass is 171 g/mol. The first-order valence-corrected chi connectivity index (χ1v) is 4.69. The van der Waals surface area contributed by atoms with Gasteiger partial charge in [0.2, 0.25) is 0 Å². The van der Waals surface area contributed by atoms with E-state index >= 15 is 0 Å². The van der Waals surface area contributed by atoms with Crippen molar-refractivity contribution in [1.29, 1.82) is 0 Å². The molecular formula is C6H5NOS2. The van der Waals surface area contributed by atoms with Crippen molar-refractivity contribution in [2.45, 2.75) is 4.58 Å². The summed E-state index contributed by atoms with van der Waals surface area (Å²) in [5, 5.41) is 10.8. The lowest BCUT2D eigenvalue weighted by Gasteiger charge is -2.10. The van der Waals surface area contributed by atoms with Crippen LogP contribution in [0.25, 0.3) is 0 Å². The maximum Gasteiger partial charge on any atom is 0.123 e. The highest BCUT2D eigenvalue weighted by atomic mass is 32.2. The van der Waals surface area contributed by atoms with E-state index in [4.69, 9.17) is 5.11 Å². The Bertz CT molecular complexity index is 244. The van der Waals surface area contributed by atoms with Crippen molar-refractivity contribution >= 4 is 29.1 Å². The van der Waals surface area contributed by atoms with E-state index in [2.05, 4.69) is 4.99 Å². The molecule has 1 atom stereocenters. The van der Waals surface area contributed by atoms with Crippen molar-refractivity contribution in [3.05, 3.63) is 22.9 Å². The Morgan fingerprint density at radius 2 is 2.40 bits per heavy atom. The Labute approximate surface area is 67.1 Å². The molecule has 0 spiro atoms. The van der Waals surface area contributed by atoms with E-state index in [-0.39, 0.29) is 0 Å². The third-order valence-electron chi connectivity index (χ3n) is 1.24. The van der Waals surface area contributed by atoms with E-state index in [0.29, 0.717) is 10.3 Å². The number of fused-ring (bicyclic) bond motifs is 1. The highest BCUT2D eigenvalue weighted by Gasteiger charge is 2.21. The van der Waals surface area contributed by atoms with Gasteiger partial charge in [0.25, 0.3) is 0 Å². The molecule has 0 bridgehead atoms. The van der Waals surface area contributed by atoms with Crippen LogP contribution in [0.4, 0.5) is 0 Å². The van der Waals surface area contributed by atoms with Gasteiger partial charge in [0.15, 0.2) is 0 Å². The molecule has 0 amide bonds. The number of hydrogen-bond acceptors (Lipinski definition) is 4. The second-order valence-corrected chi connectivity index (χ2v) is 4.18. The van der Waals surface area contributed by atoms with Crippen molar-refractivity contribution in [2.24, 2.45) is 4.99 Å². The fourth-order valence-electron chi connectivity index (χ4n) is 0.801. The number of rotatable bonds is 0. The molecule has 10 heavy (non-hydrogen) atoms. The van der Waals surface area contributed by atoms with Crippen LogP contribution < -0.4 is 0 Å².